The molecule has 1 N–H and O–H groups in total. The molecule has 0 saturated carbocycles. The molecule has 2 aromatic rings. The molecule has 0 aliphatic heterocycles. The summed E-state index contributed by atoms with van der Waals surface area (Å²) in [4.78, 5) is 15.7. The van der Waals surface area contributed by atoms with Crippen LogP contribution in [0.4, 0.5) is 18.9 Å². The van der Waals surface area contributed by atoms with Crippen molar-refractivity contribution in [1.29, 1.82) is 0 Å². The molecule has 0 unspecified atom stereocenters. The van der Waals surface area contributed by atoms with Crippen LogP contribution in [0.3, 0.4) is 0 Å². The molecule has 0 spiro atoms. The van der Waals surface area contributed by atoms with Crippen LogP contribution < -0.4 is 22.5 Å². The minimum atomic E-state index is -4.50. The summed E-state index contributed by atoms with van der Waals surface area (Å²) in [6, 6.07) is 5.92. The van der Waals surface area contributed by atoms with Crippen molar-refractivity contribution >= 4 is 11.6 Å². The monoisotopic (exact) mass is 331 g/mol. The molecule has 1 aromatic heterocycles. The second kappa shape index (κ2) is 7.13. The number of methoxy groups -OCH3 is 1. The predicted molar refractivity (Wildman–Crippen MR) is 70.2 cm³/mol. The summed E-state index contributed by atoms with van der Waals surface area (Å²) < 4.78 is 43.1. The Morgan fingerprint density at radius 3 is 2.55 bits per heavy atom. The minimum Gasteiger partial charge on any atom is -1.00 e. The number of hydrogen-bond donors (Lipinski definition) is 1. The molecule has 0 bridgehead atoms. The van der Waals surface area contributed by atoms with Gasteiger partial charge in [0.15, 0.2) is 0 Å². The van der Waals surface area contributed by atoms with Crippen molar-refractivity contribution in [1.82, 2.24) is 4.98 Å². The Morgan fingerprint density at radius 1 is 1.27 bits per heavy atom. The molecule has 0 aliphatic carbocycles. The van der Waals surface area contributed by atoms with E-state index in [0.29, 0.717) is 0 Å². The number of amides is 1. The number of nitrogens with zero attached hydrogens (tertiary/aromatic N) is 1. The average Bonchev–Trinajstić information content (AvgIpc) is 2.47. The molecule has 0 aliphatic rings. The van der Waals surface area contributed by atoms with Gasteiger partial charge in [0.2, 0.25) is 0 Å². The van der Waals surface area contributed by atoms with Gasteiger partial charge < -0.3 is 22.5 Å². The number of anilines is 1. The van der Waals surface area contributed by atoms with E-state index in [1.807, 2.05) is 0 Å². The molecule has 4 nitrogen and oxygen atoms in total. The SMILES string of the molecule is COc1ccc(C(F)(F)F)cc1NC(=O)c1cccnc1.[Cl-]. The predicted octanol–water partition coefficient (Wildman–Crippen LogP) is 0.365. The molecule has 0 saturated heterocycles. The molecule has 2 rings (SSSR count). The van der Waals surface area contributed by atoms with E-state index in [2.05, 4.69) is 10.3 Å². The molecular weight excluding hydrogens is 321 g/mol. The minimum absolute atomic E-state index is 0. The van der Waals surface area contributed by atoms with Gasteiger partial charge in [0, 0.05) is 12.4 Å². The summed E-state index contributed by atoms with van der Waals surface area (Å²) >= 11 is 0. The Morgan fingerprint density at radius 2 is 2.00 bits per heavy atom. The van der Waals surface area contributed by atoms with E-state index in [0.717, 1.165) is 18.2 Å². The first kappa shape index (κ1) is 17.8. The van der Waals surface area contributed by atoms with Crippen LogP contribution in [0.2, 0.25) is 0 Å². The third-order valence-corrected chi connectivity index (χ3v) is 2.70. The summed E-state index contributed by atoms with van der Waals surface area (Å²) in [5.74, 6) is -0.430. The lowest BCUT2D eigenvalue weighted by Gasteiger charge is -2.13. The zero-order chi connectivity index (χ0) is 15.5. The zero-order valence-electron chi connectivity index (χ0n) is 11.3. The summed E-state index contributed by atoms with van der Waals surface area (Å²) in [5.41, 5.74) is -0.692. The number of hydrogen-bond acceptors (Lipinski definition) is 3. The topological polar surface area (TPSA) is 51.2 Å². The number of halogens is 4. The highest BCUT2D eigenvalue weighted by molar-refractivity contribution is 6.04. The maximum absolute atomic E-state index is 12.7. The second-order valence-corrected chi connectivity index (χ2v) is 4.11. The van der Waals surface area contributed by atoms with Crippen LogP contribution >= 0.6 is 0 Å². The van der Waals surface area contributed by atoms with Crippen molar-refractivity contribution in [2.75, 3.05) is 12.4 Å². The zero-order valence-corrected chi connectivity index (χ0v) is 12.1. The maximum atomic E-state index is 12.7. The average molecular weight is 332 g/mol. The van der Waals surface area contributed by atoms with Crippen LogP contribution in [0.1, 0.15) is 15.9 Å². The van der Waals surface area contributed by atoms with Gasteiger partial charge in [-0.05, 0) is 30.3 Å². The second-order valence-electron chi connectivity index (χ2n) is 4.11. The lowest BCUT2D eigenvalue weighted by Crippen LogP contribution is -3.00. The van der Waals surface area contributed by atoms with Crippen molar-refractivity contribution < 1.29 is 35.1 Å². The Hall–Kier alpha value is -2.28. The first-order valence-electron chi connectivity index (χ1n) is 5.88. The Kier molecular flexibility index (Phi) is 5.76. The van der Waals surface area contributed by atoms with Crippen molar-refractivity contribution in [2.24, 2.45) is 0 Å². The van der Waals surface area contributed by atoms with Gasteiger partial charge >= 0.3 is 6.18 Å². The standard InChI is InChI=1S/C14H11F3N2O2.ClH/c1-21-12-5-4-10(14(15,16)17)7-11(12)19-13(20)9-3-2-6-18-8-9;/h2-8H,1H3,(H,19,20);1H/p-1. The van der Waals surface area contributed by atoms with Gasteiger partial charge in [0.1, 0.15) is 5.75 Å². The molecule has 1 amide bonds. The Labute approximate surface area is 130 Å². The third-order valence-electron chi connectivity index (χ3n) is 2.70. The summed E-state index contributed by atoms with van der Waals surface area (Å²) in [6.07, 6.45) is -1.70. The molecule has 8 heteroatoms. The van der Waals surface area contributed by atoms with Crippen molar-refractivity contribution in [3.8, 4) is 5.75 Å². The summed E-state index contributed by atoms with van der Waals surface area (Å²) in [5, 5.41) is 2.39. The summed E-state index contributed by atoms with van der Waals surface area (Å²) in [7, 11) is 1.31. The normalized spacial score (nSPS) is 10.5. The molecular formula is C14H11ClF3N2O2-. The van der Waals surface area contributed by atoms with Crippen molar-refractivity contribution in [2.45, 2.75) is 6.18 Å². The van der Waals surface area contributed by atoms with Crippen LogP contribution in [0, 0.1) is 0 Å². The molecule has 118 valence electrons. The molecule has 0 fully saturated rings. The quantitative estimate of drug-likeness (QED) is 0.884. The summed E-state index contributed by atoms with van der Waals surface area (Å²) in [6.45, 7) is 0. The van der Waals surface area contributed by atoms with Crippen molar-refractivity contribution in [3.05, 3.63) is 53.9 Å². The van der Waals surface area contributed by atoms with E-state index in [9.17, 15) is 18.0 Å². The van der Waals surface area contributed by atoms with Gasteiger partial charge in [-0.1, -0.05) is 0 Å². The smallest absolute Gasteiger partial charge is 0.416 e. The number of alkyl halides is 3. The third kappa shape index (κ3) is 4.11. The molecule has 1 heterocycles. The fourth-order valence-electron chi connectivity index (χ4n) is 1.67. The van der Waals surface area contributed by atoms with E-state index in [1.165, 1.54) is 25.6 Å². The van der Waals surface area contributed by atoms with Crippen LogP contribution in [-0.4, -0.2) is 18.0 Å². The number of aromatic nitrogens is 1. The van der Waals surface area contributed by atoms with Crippen LogP contribution in [0.5, 0.6) is 5.75 Å². The lowest BCUT2D eigenvalue weighted by molar-refractivity contribution is -0.137. The van der Waals surface area contributed by atoms with E-state index in [-0.39, 0.29) is 29.4 Å². The number of benzene rings is 1. The van der Waals surface area contributed by atoms with Gasteiger partial charge in [0.25, 0.3) is 5.91 Å². The first-order valence-corrected chi connectivity index (χ1v) is 5.88. The van der Waals surface area contributed by atoms with Gasteiger partial charge in [0.05, 0.1) is 23.9 Å². The number of rotatable bonds is 3. The van der Waals surface area contributed by atoms with Crippen molar-refractivity contribution in [3.63, 3.8) is 0 Å². The van der Waals surface area contributed by atoms with E-state index >= 15 is 0 Å². The maximum Gasteiger partial charge on any atom is 0.416 e. The van der Waals surface area contributed by atoms with E-state index in [4.69, 9.17) is 4.74 Å². The van der Waals surface area contributed by atoms with Crippen LogP contribution in [-0.2, 0) is 6.18 Å². The van der Waals surface area contributed by atoms with Gasteiger partial charge in [-0.25, -0.2) is 0 Å². The molecule has 22 heavy (non-hydrogen) atoms. The Balaban J connectivity index is 0.00000242. The largest absolute Gasteiger partial charge is 1.00 e. The number of nitrogens with one attached hydrogen (secondary N) is 1. The first-order chi connectivity index (χ1) is 9.91. The van der Waals surface area contributed by atoms with E-state index < -0.39 is 17.6 Å². The van der Waals surface area contributed by atoms with Gasteiger partial charge in [-0.3, -0.25) is 9.78 Å². The van der Waals surface area contributed by atoms with Gasteiger partial charge in [-0.2, -0.15) is 13.2 Å². The molecule has 0 atom stereocenters. The van der Waals surface area contributed by atoms with Gasteiger partial charge in [-0.15, -0.1) is 0 Å². The van der Waals surface area contributed by atoms with E-state index in [1.54, 1.807) is 6.07 Å². The number of carbonyl (C=O) groups is 1. The highest BCUT2D eigenvalue weighted by Gasteiger charge is 2.31. The Bertz CT molecular complexity index is 648. The molecule has 0 radical (unpaired) electrons. The number of pyridine rings is 1. The number of carbonyl (C=O) groups excluding carboxylic acids is 1. The highest BCUT2D eigenvalue weighted by atomic mass is 35.5. The fourth-order valence-corrected chi connectivity index (χ4v) is 1.67. The highest BCUT2D eigenvalue weighted by Crippen LogP contribution is 2.35. The van der Waals surface area contributed by atoms with Crippen LogP contribution in [0.25, 0.3) is 0 Å². The molecule has 1 aromatic carbocycles. The lowest BCUT2D eigenvalue weighted by atomic mass is 10.1. The fraction of sp³-hybridized carbons (Fsp3) is 0.143. The van der Waals surface area contributed by atoms with Crippen LogP contribution in [0.15, 0.2) is 42.7 Å². The number of ether oxygens (including phenoxy) is 1.